The summed E-state index contributed by atoms with van der Waals surface area (Å²) in [6.07, 6.45) is -0.261. The lowest BCUT2D eigenvalue weighted by Gasteiger charge is -2.35. The van der Waals surface area contributed by atoms with Gasteiger partial charge in [-0.3, -0.25) is 9.82 Å². The Labute approximate surface area is 104 Å². The largest absolute Gasteiger partial charge is 0.345 e. The van der Waals surface area contributed by atoms with E-state index in [0.29, 0.717) is 31.3 Å². The SMILES string of the molecule is O=[P@]1(N(CCCl)CCCl)N[C@H](OO)CCO1. The summed E-state index contributed by atoms with van der Waals surface area (Å²) in [5, 5.41) is 11.2. The summed E-state index contributed by atoms with van der Waals surface area (Å²) in [4.78, 5) is 4.14. The number of halogens is 2. The van der Waals surface area contributed by atoms with Crippen molar-refractivity contribution in [3.8, 4) is 0 Å². The van der Waals surface area contributed by atoms with E-state index in [-0.39, 0.29) is 6.61 Å². The van der Waals surface area contributed by atoms with Crippen LogP contribution in [0.4, 0.5) is 0 Å². The maximum atomic E-state index is 12.4. The molecule has 0 spiro atoms. The second kappa shape index (κ2) is 7.13. The van der Waals surface area contributed by atoms with Crippen molar-refractivity contribution in [2.24, 2.45) is 0 Å². The van der Waals surface area contributed by atoms with E-state index in [2.05, 4.69) is 9.97 Å². The van der Waals surface area contributed by atoms with Crippen molar-refractivity contribution in [1.82, 2.24) is 9.76 Å². The zero-order valence-electron chi connectivity index (χ0n) is 8.64. The van der Waals surface area contributed by atoms with Gasteiger partial charge in [0.05, 0.1) is 6.61 Å². The maximum absolute atomic E-state index is 12.4. The Bertz CT molecular complexity index is 253. The van der Waals surface area contributed by atoms with Gasteiger partial charge >= 0.3 is 7.67 Å². The third-order valence-corrected chi connectivity index (χ3v) is 4.77. The molecule has 0 bridgehead atoms. The predicted molar refractivity (Wildman–Crippen MR) is 61.8 cm³/mol. The molecule has 1 aliphatic rings. The number of nitrogens with zero attached hydrogens (tertiary/aromatic N) is 1. The molecule has 1 aliphatic heterocycles. The van der Waals surface area contributed by atoms with Crippen LogP contribution in [0.2, 0.25) is 0 Å². The number of alkyl halides is 2. The highest BCUT2D eigenvalue weighted by molar-refractivity contribution is 7.54. The zero-order chi connectivity index (χ0) is 12.0. The van der Waals surface area contributed by atoms with Crippen LogP contribution in [-0.4, -0.2) is 47.6 Å². The zero-order valence-corrected chi connectivity index (χ0v) is 11.0. The molecule has 2 N–H and O–H groups in total. The molecule has 1 rings (SSSR count). The number of hydrogen-bond acceptors (Lipinski definition) is 4. The first-order chi connectivity index (χ1) is 7.66. The molecule has 0 radical (unpaired) electrons. The van der Waals surface area contributed by atoms with Crippen molar-refractivity contribution in [1.29, 1.82) is 0 Å². The molecule has 0 aromatic rings. The van der Waals surface area contributed by atoms with Gasteiger partial charge in [0.2, 0.25) is 0 Å². The fourth-order valence-electron chi connectivity index (χ4n) is 1.38. The maximum Gasteiger partial charge on any atom is 0.345 e. The molecule has 16 heavy (non-hydrogen) atoms. The van der Waals surface area contributed by atoms with Crippen LogP contribution in [0.3, 0.4) is 0 Å². The number of nitrogens with one attached hydrogen (secondary N) is 1. The summed E-state index contributed by atoms with van der Waals surface area (Å²) in [5.41, 5.74) is 0. The predicted octanol–water partition coefficient (Wildman–Crippen LogP) is 1.70. The van der Waals surface area contributed by atoms with Gasteiger partial charge in [0, 0.05) is 31.3 Å². The quantitative estimate of drug-likeness (QED) is 0.336. The summed E-state index contributed by atoms with van der Waals surface area (Å²) in [6.45, 7) is 1.02. The van der Waals surface area contributed by atoms with E-state index in [0.717, 1.165) is 0 Å². The van der Waals surface area contributed by atoms with Gasteiger partial charge in [0.15, 0.2) is 6.23 Å². The van der Waals surface area contributed by atoms with Crippen molar-refractivity contribution in [2.45, 2.75) is 12.6 Å². The molecule has 0 amide bonds. The highest BCUT2D eigenvalue weighted by Gasteiger charge is 2.37. The van der Waals surface area contributed by atoms with E-state index >= 15 is 0 Å². The van der Waals surface area contributed by atoms with Gasteiger partial charge < -0.3 is 4.52 Å². The van der Waals surface area contributed by atoms with Crippen LogP contribution in [0.5, 0.6) is 0 Å². The molecular formula is C7H15Cl2N2O4P. The van der Waals surface area contributed by atoms with Crippen molar-refractivity contribution < 1.29 is 19.2 Å². The Morgan fingerprint density at radius 2 is 2.12 bits per heavy atom. The second-order valence-electron chi connectivity index (χ2n) is 3.20. The molecule has 6 nitrogen and oxygen atoms in total. The van der Waals surface area contributed by atoms with E-state index in [1.165, 1.54) is 4.67 Å². The third-order valence-electron chi connectivity index (χ3n) is 2.14. The van der Waals surface area contributed by atoms with Crippen LogP contribution >= 0.6 is 30.9 Å². The smallest absolute Gasteiger partial charge is 0.306 e. The molecule has 1 heterocycles. The van der Waals surface area contributed by atoms with Gasteiger partial charge in [-0.25, -0.2) is 14.6 Å². The monoisotopic (exact) mass is 292 g/mol. The lowest BCUT2D eigenvalue weighted by molar-refractivity contribution is -0.286. The molecule has 0 aromatic carbocycles. The summed E-state index contributed by atoms with van der Waals surface area (Å²) >= 11 is 11.2. The molecule has 9 heteroatoms. The van der Waals surface area contributed by atoms with Gasteiger partial charge in [0.1, 0.15) is 0 Å². The third kappa shape index (κ3) is 3.82. The Kier molecular flexibility index (Phi) is 6.54. The van der Waals surface area contributed by atoms with Gasteiger partial charge in [-0.1, -0.05) is 0 Å². The summed E-state index contributed by atoms with van der Waals surface area (Å²) in [6, 6.07) is 0. The molecule has 2 atom stereocenters. The van der Waals surface area contributed by atoms with Crippen LogP contribution in [0.15, 0.2) is 0 Å². The van der Waals surface area contributed by atoms with Crippen LogP contribution in [0, 0.1) is 0 Å². The molecule has 1 fully saturated rings. The normalized spacial score (nSPS) is 30.9. The average Bonchev–Trinajstić information content (AvgIpc) is 2.29. The molecule has 0 unspecified atom stereocenters. The minimum absolute atomic E-state index is 0.247. The first kappa shape index (κ1) is 14.7. The summed E-state index contributed by atoms with van der Waals surface area (Å²) < 4.78 is 19.1. The Morgan fingerprint density at radius 1 is 1.50 bits per heavy atom. The summed E-state index contributed by atoms with van der Waals surface area (Å²) in [7, 11) is -3.20. The molecular weight excluding hydrogens is 278 g/mol. The topological polar surface area (TPSA) is 71.0 Å². The van der Waals surface area contributed by atoms with Crippen molar-refractivity contribution in [3.63, 3.8) is 0 Å². The highest BCUT2D eigenvalue weighted by atomic mass is 35.5. The lowest BCUT2D eigenvalue weighted by atomic mass is 10.4. The first-order valence-electron chi connectivity index (χ1n) is 4.86. The van der Waals surface area contributed by atoms with Crippen LogP contribution < -0.4 is 5.09 Å². The summed E-state index contributed by atoms with van der Waals surface area (Å²) in [5.74, 6) is 0.632. The van der Waals surface area contributed by atoms with Gasteiger partial charge in [0.25, 0.3) is 0 Å². The second-order valence-corrected chi connectivity index (χ2v) is 6.08. The van der Waals surface area contributed by atoms with E-state index in [9.17, 15) is 4.57 Å². The van der Waals surface area contributed by atoms with Crippen molar-refractivity contribution >= 4 is 30.9 Å². The minimum atomic E-state index is -3.20. The molecule has 96 valence electrons. The van der Waals surface area contributed by atoms with Crippen LogP contribution in [-0.2, 0) is 14.0 Å². The fourth-order valence-corrected chi connectivity index (χ4v) is 4.04. The molecule has 0 aliphatic carbocycles. The molecule has 0 saturated carbocycles. The van der Waals surface area contributed by atoms with Crippen LogP contribution in [0.1, 0.15) is 6.42 Å². The van der Waals surface area contributed by atoms with E-state index in [1.807, 2.05) is 0 Å². The van der Waals surface area contributed by atoms with Gasteiger partial charge in [-0.15, -0.1) is 23.2 Å². The number of hydrogen-bond donors (Lipinski definition) is 2. The van der Waals surface area contributed by atoms with E-state index in [4.69, 9.17) is 33.0 Å². The molecule has 0 aromatic heterocycles. The highest BCUT2D eigenvalue weighted by Crippen LogP contribution is 2.49. The Balaban J connectivity index is 2.67. The average molecular weight is 293 g/mol. The van der Waals surface area contributed by atoms with Crippen LogP contribution in [0.25, 0.3) is 0 Å². The van der Waals surface area contributed by atoms with Crippen molar-refractivity contribution in [3.05, 3.63) is 0 Å². The van der Waals surface area contributed by atoms with Crippen molar-refractivity contribution in [2.75, 3.05) is 31.5 Å². The standard InChI is InChI=1S/C7H15Cl2N2O4P/c8-2-4-11(5-3-9)16(13)10-7(15-12)1-6-14-16/h7,12H,1-6H2,(H,10,13)/t7-,16-/m1/s1. The minimum Gasteiger partial charge on any atom is -0.306 e. The van der Waals surface area contributed by atoms with Gasteiger partial charge in [-0.2, -0.15) is 0 Å². The Morgan fingerprint density at radius 3 is 2.62 bits per heavy atom. The molecule has 1 saturated heterocycles. The van der Waals surface area contributed by atoms with E-state index in [1.54, 1.807) is 0 Å². The van der Waals surface area contributed by atoms with Gasteiger partial charge in [-0.05, 0) is 0 Å². The van der Waals surface area contributed by atoms with E-state index < -0.39 is 13.9 Å². The lowest BCUT2D eigenvalue weighted by Crippen LogP contribution is -2.42. The number of rotatable bonds is 6. The fraction of sp³-hybridized carbons (Fsp3) is 1.00. The Hall–Kier alpha value is 0.610. The first-order valence-corrected chi connectivity index (χ1v) is 7.51.